The highest BCUT2D eigenvalue weighted by Gasteiger charge is 2.18. The van der Waals surface area contributed by atoms with E-state index in [9.17, 15) is 9.59 Å². The first kappa shape index (κ1) is 12.2. The predicted octanol–water partition coefficient (Wildman–Crippen LogP) is 0.794. The summed E-state index contributed by atoms with van der Waals surface area (Å²) in [6.07, 6.45) is 1.54. The molecule has 6 nitrogen and oxygen atoms in total. The van der Waals surface area contributed by atoms with Crippen LogP contribution in [0.15, 0.2) is 12.3 Å². The number of aromatic nitrogens is 2. The van der Waals surface area contributed by atoms with Crippen LogP contribution in [0.5, 0.6) is 0 Å². The highest BCUT2D eigenvalue weighted by molar-refractivity contribution is 5.87. The van der Waals surface area contributed by atoms with Crippen LogP contribution in [0.4, 0.5) is 0 Å². The molecule has 0 aliphatic carbocycles. The summed E-state index contributed by atoms with van der Waals surface area (Å²) >= 11 is 0. The first-order chi connectivity index (χ1) is 7.60. The molecule has 1 aromatic rings. The second kappa shape index (κ2) is 5.29. The predicted molar refractivity (Wildman–Crippen MR) is 54.9 cm³/mol. The minimum Gasteiger partial charge on any atom is -0.464 e. The molecule has 0 amide bonds. The molecule has 0 saturated heterocycles. The summed E-state index contributed by atoms with van der Waals surface area (Å²) in [5, 5.41) is 3.93. The molecule has 6 heteroatoms. The molecule has 0 aliphatic heterocycles. The monoisotopic (exact) mass is 226 g/mol. The molecule has 0 saturated carbocycles. The first-order valence-corrected chi connectivity index (χ1v) is 4.90. The molecule has 0 spiro atoms. The van der Waals surface area contributed by atoms with Crippen LogP contribution < -0.4 is 0 Å². The fourth-order valence-electron chi connectivity index (χ4n) is 1.14. The minimum atomic E-state index is -0.557. The van der Waals surface area contributed by atoms with Gasteiger partial charge in [0.25, 0.3) is 0 Å². The number of methoxy groups -OCH3 is 1. The Hall–Kier alpha value is -1.85. The van der Waals surface area contributed by atoms with Crippen molar-refractivity contribution in [2.45, 2.75) is 19.9 Å². The lowest BCUT2D eigenvalue weighted by Gasteiger charge is -2.10. The van der Waals surface area contributed by atoms with Crippen molar-refractivity contribution in [1.29, 1.82) is 0 Å². The van der Waals surface area contributed by atoms with Gasteiger partial charge in [0, 0.05) is 6.20 Å². The second-order valence-corrected chi connectivity index (χ2v) is 3.10. The second-order valence-electron chi connectivity index (χ2n) is 3.10. The Morgan fingerprint density at radius 3 is 2.81 bits per heavy atom. The summed E-state index contributed by atoms with van der Waals surface area (Å²) in [7, 11) is 1.27. The molecule has 16 heavy (non-hydrogen) atoms. The van der Waals surface area contributed by atoms with Crippen LogP contribution in [0.1, 0.15) is 30.4 Å². The summed E-state index contributed by atoms with van der Waals surface area (Å²) in [4.78, 5) is 22.5. The fraction of sp³-hybridized carbons (Fsp3) is 0.500. The van der Waals surface area contributed by atoms with Gasteiger partial charge < -0.3 is 9.47 Å². The van der Waals surface area contributed by atoms with E-state index in [0.717, 1.165) is 0 Å². The van der Waals surface area contributed by atoms with E-state index in [1.807, 2.05) is 0 Å². The summed E-state index contributed by atoms with van der Waals surface area (Å²) in [6, 6.07) is 0.931. The van der Waals surface area contributed by atoms with Gasteiger partial charge in [0.2, 0.25) is 0 Å². The Kier molecular flexibility index (Phi) is 4.04. The number of carbonyl (C=O) groups excluding carboxylic acids is 2. The topological polar surface area (TPSA) is 70.4 Å². The third-order valence-corrected chi connectivity index (χ3v) is 2.03. The lowest BCUT2D eigenvalue weighted by molar-refractivity contribution is -0.146. The molecule has 88 valence electrons. The fourth-order valence-corrected chi connectivity index (χ4v) is 1.14. The smallest absolute Gasteiger partial charge is 0.358 e. The van der Waals surface area contributed by atoms with Gasteiger partial charge in [-0.3, -0.25) is 4.68 Å². The number of rotatable bonds is 4. The van der Waals surface area contributed by atoms with Gasteiger partial charge >= 0.3 is 11.9 Å². The Bertz CT molecular complexity index is 386. The molecular weight excluding hydrogens is 212 g/mol. The molecule has 1 aromatic heterocycles. The molecule has 0 fully saturated rings. The van der Waals surface area contributed by atoms with Gasteiger partial charge in [0.05, 0.1) is 13.7 Å². The lowest BCUT2D eigenvalue weighted by atomic mass is 10.3. The molecule has 0 radical (unpaired) electrons. The normalized spacial score (nSPS) is 11.9. The van der Waals surface area contributed by atoms with Crippen molar-refractivity contribution in [3.8, 4) is 0 Å². The van der Waals surface area contributed by atoms with E-state index in [1.165, 1.54) is 24.1 Å². The molecule has 0 bridgehead atoms. The van der Waals surface area contributed by atoms with Gasteiger partial charge in [-0.2, -0.15) is 5.10 Å². The Morgan fingerprint density at radius 1 is 1.56 bits per heavy atom. The van der Waals surface area contributed by atoms with Crippen molar-refractivity contribution in [2.75, 3.05) is 13.7 Å². The number of hydrogen-bond acceptors (Lipinski definition) is 5. The van der Waals surface area contributed by atoms with Gasteiger partial charge in [0.1, 0.15) is 6.04 Å². The van der Waals surface area contributed by atoms with Crippen molar-refractivity contribution in [3.05, 3.63) is 18.0 Å². The van der Waals surface area contributed by atoms with Crippen LogP contribution in [-0.4, -0.2) is 35.4 Å². The molecular formula is C10H14N2O4. The van der Waals surface area contributed by atoms with E-state index in [2.05, 4.69) is 9.84 Å². The molecule has 1 rings (SSSR count). The molecule has 1 heterocycles. The zero-order chi connectivity index (χ0) is 12.1. The van der Waals surface area contributed by atoms with Crippen LogP contribution in [0.25, 0.3) is 0 Å². The molecule has 0 N–H and O–H groups in total. The molecule has 0 aromatic carbocycles. The molecule has 1 atom stereocenters. The quantitative estimate of drug-likeness (QED) is 0.710. The van der Waals surface area contributed by atoms with Gasteiger partial charge in [-0.1, -0.05) is 0 Å². The van der Waals surface area contributed by atoms with Gasteiger partial charge in [0.15, 0.2) is 5.69 Å². The lowest BCUT2D eigenvalue weighted by Crippen LogP contribution is -2.20. The largest absolute Gasteiger partial charge is 0.464 e. The summed E-state index contributed by atoms with van der Waals surface area (Å²) in [5.74, 6) is -0.920. The van der Waals surface area contributed by atoms with Crippen LogP contribution in [0.2, 0.25) is 0 Å². The maximum Gasteiger partial charge on any atom is 0.358 e. The van der Waals surface area contributed by atoms with Crippen LogP contribution in [0.3, 0.4) is 0 Å². The summed E-state index contributed by atoms with van der Waals surface area (Å²) in [6.45, 7) is 3.69. The van der Waals surface area contributed by atoms with Crippen LogP contribution >= 0.6 is 0 Å². The minimum absolute atomic E-state index is 0.165. The molecule has 0 aliphatic rings. The van der Waals surface area contributed by atoms with Crippen molar-refractivity contribution in [2.24, 2.45) is 0 Å². The van der Waals surface area contributed by atoms with E-state index in [-0.39, 0.29) is 11.7 Å². The van der Waals surface area contributed by atoms with Gasteiger partial charge in [-0.15, -0.1) is 0 Å². The number of esters is 2. The highest BCUT2D eigenvalue weighted by atomic mass is 16.5. The maximum absolute atomic E-state index is 11.4. The summed E-state index contributed by atoms with van der Waals surface area (Å²) < 4.78 is 10.7. The van der Waals surface area contributed by atoms with Crippen LogP contribution in [-0.2, 0) is 14.3 Å². The number of carbonyl (C=O) groups is 2. The Labute approximate surface area is 93.1 Å². The van der Waals surface area contributed by atoms with Gasteiger partial charge in [-0.05, 0) is 19.9 Å². The number of hydrogen-bond donors (Lipinski definition) is 0. The van der Waals surface area contributed by atoms with E-state index < -0.39 is 12.0 Å². The third-order valence-electron chi connectivity index (χ3n) is 2.03. The average Bonchev–Trinajstić information content (AvgIpc) is 2.76. The Morgan fingerprint density at radius 2 is 2.25 bits per heavy atom. The highest BCUT2D eigenvalue weighted by Crippen LogP contribution is 2.08. The van der Waals surface area contributed by atoms with E-state index in [0.29, 0.717) is 6.61 Å². The maximum atomic E-state index is 11.4. The van der Waals surface area contributed by atoms with Gasteiger partial charge in [-0.25, -0.2) is 9.59 Å². The first-order valence-electron chi connectivity index (χ1n) is 4.90. The van der Waals surface area contributed by atoms with Crippen molar-refractivity contribution < 1.29 is 19.1 Å². The number of nitrogens with zero attached hydrogens (tertiary/aromatic N) is 2. The Balaban J connectivity index is 2.77. The SMILES string of the molecule is CCOC(=O)C(C)n1ccc(C(=O)OC)n1. The zero-order valence-electron chi connectivity index (χ0n) is 9.47. The van der Waals surface area contributed by atoms with E-state index >= 15 is 0 Å². The average molecular weight is 226 g/mol. The van der Waals surface area contributed by atoms with Crippen molar-refractivity contribution in [3.63, 3.8) is 0 Å². The number of ether oxygens (including phenoxy) is 2. The van der Waals surface area contributed by atoms with Crippen molar-refractivity contribution >= 4 is 11.9 Å². The van der Waals surface area contributed by atoms with E-state index in [1.54, 1.807) is 13.8 Å². The standard InChI is InChI=1S/C10H14N2O4/c1-4-16-9(13)7(2)12-6-5-8(11-12)10(14)15-3/h5-7H,4H2,1-3H3. The van der Waals surface area contributed by atoms with Crippen LogP contribution in [0, 0.1) is 0 Å². The zero-order valence-corrected chi connectivity index (χ0v) is 9.47. The third kappa shape index (κ3) is 2.59. The van der Waals surface area contributed by atoms with E-state index in [4.69, 9.17) is 4.74 Å². The molecule has 1 unspecified atom stereocenters. The van der Waals surface area contributed by atoms with Crippen molar-refractivity contribution in [1.82, 2.24) is 9.78 Å². The summed E-state index contributed by atoms with van der Waals surface area (Å²) in [5.41, 5.74) is 0.165.